The Morgan fingerprint density at radius 2 is 2.35 bits per heavy atom. The molecule has 1 unspecified atom stereocenters. The van der Waals surface area contributed by atoms with Crippen LogP contribution in [0.3, 0.4) is 0 Å². The average molecular weight is 306 g/mol. The summed E-state index contributed by atoms with van der Waals surface area (Å²) in [4.78, 5) is 10.6. The molecule has 1 atom stereocenters. The highest BCUT2D eigenvalue weighted by molar-refractivity contribution is 9.10. The van der Waals surface area contributed by atoms with Crippen molar-refractivity contribution in [3.05, 3.63) is 21.9 Å². The highest BCUT2D eigenvalue weighted by atomic mass is 79.9. The Bertz CT molecular complexity index is 480. The van der Waals surface area contributed by atoms with Gasteiger partial charge in [-0.15, -0.1) is 0 Å². The second-order valence-corrected chi connectivity index (χ2v) is 4.38. The average Bonchev–Trinajstić information content (AvgIpc) is 2.65. The molecule has 0 spiro atoms. The molecule has 0 aromatic heterocycles. The number of halogens is 2. The van der Waals surface area contributed by atoms with Crippen LogP contribution in [0.1, 0.15) is 18.0 Å². The van der Waals surface area contributed by atoms with Crippen molar-refractivity contribution in [2.45, 2.75) is 12.5 Å². The number of nitrogens with two attached hydrogens (primary N) is 1. The van der Waals surface area contributed by atoms with Crippen LogP contribution in [-0.2, 0) is 4.79 Å². The number of carboxylic acid groups (broad SMARTS) is 1. The molecule has 0 saturated carbocycles. The van der Waals surface area contributed by atoms with Gasteiger partial charge in [-0.3, -0.25) is 4.79 Å². The summed E-state index contributed by atoms with van der Waals surface area (Å²) in [5, 5.41) is 8.67. The molecule has 1 aromatic carbocycles. The first-order valence-electron chi connectivity index (χ1n) is 4.75. The summed E-state index contributed by atoms with van der Waals surface area (Å²) in [5.41, 5.74) is 5.68. The van der Waals surface area contributed by atoms with Gasteiger partial charge in [-0.2, -0.15) is 0 Å². The molecule has 1 aliphatic heterocycles. The van der Waals surface area contributed by atoms with E-state index >= 15 is 0 Å². The molecular formula is C10H9BrFNO4. The SMILES string of the molecule is NC(CC(=O)O)c1c(F)c(Br)cc2c1OCO2. The quantitative estimate of drug-likeness (QED) is 0.890. The van der Waals surface area contributed by atoms with Crippen LogP contribution in [0.4, 0.5) is 4.39 Å². The summed E-state index contributed by atoms with van der Waals surface area (Å²) >= 11 is 3.02. The maximum absolute atomic E-state index is 13.9. The normalized spacial score (nSPS) is 14.8. The molecule has 0 amide bonds. The lowest BCUT2D eigenvalue weighted by molar-refractivity contribution is -0.137. The van der Waals surface area contributed by atoms with E-state index in [2.05, 4.69) is 15.9 Å². The Morgan fingerprint density at radius 3 is 3.00 bits per heavy atom. The molecule has 5 nitrogen and oxygen atoms in total. The van der Waals surface area contributed by atoms with Crippen LogP contribution in [-0.4, -0.2) is 17.9 Å². The Balaban J connectivity index is 2.48. The lowest BCUT2D eigenvalue weighted by Crippen LogP contribution is -2.17. The van der Waals surface area contributed by atoms with Crippen molar-refractivity contribution in [2.24, 2.45) is 5.73 Å². The zero-order chi connectivity index (χ0) is 12.6. The van der Waals surface area contributed by atoms with Crippen molar-refractivity contribution >= 4 is 21.9 Å². The van der Waals surface area contributed by atoms with Crippen LogP contribution in [0, 0.1) is 5.82 Å². The fourth-order valence-electron chi connectivity index (χ4n) is 1.63. The van der Waals surface area contributed by atoms with E-state index in [0.717, 1.165) is 0 Å². The molecule has 3 N–H and O–H groups in total. The largest absolute Gasteiger partial charge is 0.481 e. The number of aliphatic carboxylic acids is 1. The van der Waals surface area contributed by atoms with Crippen molar-refractivity contribution in [3.8, 4) is 11.5 Å². The van der Waals surface area contributed by atoms with E-state index in [4.69, 9.17) is 20.3 Å². The number of rotatable bonds is 3. The first-order chi connectivity index (χ1) is 8.00. The first kappa shape index (κ1) is 12.1. The van der Waals surface area contributed by atoms with Crippen molar-refractivity contribution in [1.29, 1.82) is 0 Å². The molecular weight excluding hydrogens is 297 g/mol. The van der Waals surface area contributed by atoms with E-state index in [1.54, 1.807) is 0 Å². The molecule has 1 aromatic rings. The zero-order valence-corrected chi connectivity index (χ0v) is 10.2. The number of benzene rings is 1. The molecule has 0 radical (unpaired) electrons. The highest BCUT2D eigenvalue weighted by Crippen LogP contribution is 2.43. The fourth-order valence-corrected chi connectivity index (χ4v) is 2.06. The van der Waals surface area contributed by atoms with Gasteiger partial charge >= 0.3 is 5.97 Å². The number of hydrogen-bond acceptors (Lipinski definition) is 4. The minimum Gasteiger partial charge on any atom is -0.481 e. The first-order valence-corrected chi connectivity index (χ1v) is 5.55. The molecule has 17 heavy (non-hydrogen) atoms. The number of hydrogen-bond donors (Lipinski definition) is 2. The molecule has 0 fully saturated rings. The summed E-state index contributed by atoms with van der Waals surface area (Å²) in [6, 6.07) is 0.440. The summed E-state index contributed by atoms with van der Waals surface area (Å²) in [5.74, 6) is -1.19. The minimum atomic E-state index is -1.11. The summed E-state index contributed by atoms with van der Waals surface area (Å²) in [6.07, 6.45) is -0.386. The smallest absolute Gasteiger partial charge is 0.305 e. The summed E-state index contributed by atoms with van der Waals surface area (Å²) < 4.78 is 24.3. The van der Waals surface area contributed by atoms with Crippen molar-refractivity contribution < 1.29 is 23.8 Å². The third kappa shape index (κ3) is 2.20. The summed E-state index contributed by atoms with van der Waals surface area (Å²) in [6.45, 7) is -0.0297. The van der Waals surface area contributed by atoms with Crippen LogP contribution in [0.2, 0.25) is 0 Å². The molecule has 7 heteroatoms. The fraction of sp³-hybridized carbons (Fsp3) is 0.300. The van der Waals surface area contributed by atoms with Gasteiger partial charge in [0.05, 0.1) is 16.5 Å². The summed E-state index contributed by atoms with van der Waals surface area (Å²) in [7, 11) is 0. The zero-order valence-electron chi connectivity index (χ0n) is 8.57. The van der Waals surface area contributed by atoms with Gasteiger partial charge in [-0.05, 0) is 15.9 Å². The molecule has 0 aliphatic carbocycles. The van der Waals surface area contributed by atoms with Crippen LogP contribution in [0.15, 0.2) is 10.5 Å². The monoisotopic (exact) mass is 305 g/mol. The third-order valence-electron chi connectivity index (χ3n) is 2.36. The Morgan fingerprint density at radius 1 is 1.65 bits per heavy atom. The van der Waals surface area contributed by atoms with Gasteiger partial charge in [-0.25, -0.2) is 4.39 Å². The second-order valence-electron chi connectivity index (χ2n) is 3.52. The minimum absolute atomic E-state index is 0.0225. The molecule has 0 bridgehead atoms. The van der Waals surface area contributed by atoms with E-state index in [9.17, 15) is 9.18 Å². The second kappa shape index (κ2) is 4.50. The number of carbonyl (C=O) groups is 1. The molecule has 92 valence electrons. The van der Waals surface area contributed by atoms with E-state index in [1.807, 2.05) is 0 Å². The third-order valence-corrected chi connectivity index (χ3v) is 2.93. The van der Waals surface area contributed by atoms with Crippen LogP contribution in [0.5, 0.6) is 11.5 Å². The van der Waals surface area contributed by atoms with E-state index in [-0.39, 0.29) is 29.0 Å². The number of carboxylic acids is 1. The highest BCUT2D eigenvalue weighted by Gasteiger charge is 2.28. The molecule has 1 aliphatic rings. The maximum atomic E-state index is 13.9. The van der Waals surface area contributed by atoms with Crippen LogP contribution in [0.25, 0.3) is 0 Å². The molecule has 0 saturated heterocycles. The Labute approximate surface area is 104 Å². The van der Waals surface area contributed by atoms with Crippen molar-refractivity contribution in [3.63, 3.8) is 0 Å². The topological polar surface area (TPSA) is 81.8 Å². The van der Waals surface area contributed by atoms with Gasteiger partial charge in [0.25, 0.3) is 0 Å². The predicted molar refractivity (Wildman–Crippen MR) is 59.4 cm³/mol. The number of ether oxygens (including phenoxy) is 2. The van der Waals surface area contributed by atoms with E-state index < -0.39 is 17.8 Å². The Kier molecular flexibility index (Phi) is 3.21. The molecule has 2 rings (SSSR count). The molecule has 1 heterocycles. The lowest BCUT2D eigenvalue weighted by Gasteiger charge is -2.14. The van der Waals surface area contributed by atoms with Gasteiger partial charge in [0.2, 0.25) is 6.79 Å². The van der Waals surface area contributed by atoms with Crippen molar-refractivity contribution in [1.82, 2.24) is 0 Å². The Hall–Kier alpha value is -1.34. The van der Waals surface area contributed by atoms with Gasteiger partial charge < -0.3 is 20.3 Å². The van der Waals surface area contributed by atoms with E-state index in [0.29, 0.717) is 5.75 Å². The lowest BCUT2D eigenvalue weighted by atomic mass is 10.0. The maximum Gasteiger partial charge on any atom is 0.305 e. The van der Waals surface area contributed by atoms with Crippen LogP contribution < -0.4 is 15.2 Å². The standard InChI is InChI=1S/C10H9BrFNO4/c11-4-1-6-10(17-3-16-6)8(9(4)12)5(13)2-7(14)15/h1,5H,2-3,13H2,(H,14,15). The van der Waals surface area contributed by atoms with E-state index in [1.165, 1.54) is 6.07 Å². The van der Waals surface area contributed by atoms with Crippen molar-refractivity contribution in [2.75, 3.05) is 6.79 Å². The van der Waals surface area contributed by atoms with Gasteiger partial charge in [0, 0.05) is 12.1 Å². The number of fused-ring (bicyclic) bond motifs is 1. The van der Waals surface area contributed by atoms with Gasteiger partial charge in [0.15, 0.2) is 11.5 Å². The predicted octanol–water partition coefficient (Wildman–Crippen LogP) is 1.79. The van der Waals surface area contributed by atoms with Gasteiger partial charge in [-0.1, -0.05) is 0 Å². The van der Waals surface area contributed by atoms with Crippen LogP contribution >= 0.6 is 15.9 Å². The van der Waals surface area contributed by atoms with Gasteiger partial charge in [0.1, 0.15) is 5.82 Å².